The zero-order valence-corrected chi connectivity index (χ0v) is 27.8. The maximum atomic E-state index is 11.6. The molecule has 222 valence electrons. The van der Waals surface area contributed by atoms with E-state index in [9.17, 15) is 10.2 Å². The average Bonchev–Trinajstić information content (AvgIpc) is 2.85. The summed E-state index contributed by atoms with van der Waals surface area (Å²) in [5, 5.41) is 25.8. The van der Waals surface area contributed by atoms with E-state index < -0.39 is 0 Å². The zero-order valence-electron chi connectivity index (χ0n) is 27.8. The van der Waals surface area contributed by atoms with Crippen molar-refractivity contribution < 1.29 is 10.2 Å². The van der Waals surface area contributed by atoms with Gasteiger partial charge in [0.15, 0.2) is 0 Å². The molecule has 3 aromatic carbocycles. The van der Waals surface area contributed by atoms with Gasteiger partial charge >= 0.3 is 0 Å². The molecule has 0 bridgehead atoms. The van der Waals surface area contributed by atoms with Crippen molar-refractivity contribution in [3.8, 4) is 11.5 Å². The number of phenols is 2. The quantitative estimate of drug-likeness (QED) is 0.196. The third-order valence-corrected chi connectivity index (χ3v) is 10.5. The molecule has 2 nitrogen and oxygen atoms in total. The van der Waals surface area contributed by atoms with Crippen LogP contribution in [0, 0.1) is 22.7 Å². The molecular formula is C38H58O2. The Morgan fingerprint density at radius 3 is 1.18 bits per heavy atom. The van der Waals surface area contributed by atoms with Crippen molar-refractivity contribution in [2.75, 3.05) is 0 Å². The summed E-state index contributed by atoms with van der Waals surface area (Å²) in [7, 11) is 0. The Hall–Kier alpha value is -2.22. The fourth-order valence-corrected chi connectivity index (χ4v) is 5.88. The minimum Gasteiger partial charge on any atom is -0.507 e. The highest BCUT2D eigenvalue weighted by molar-refractivity contribution is 6.10. The minimum absolute atomic E-state index is 0.0170. The lowest BCUT2D eigenvalue weighted by molar-refractivity contribution is 0.235. The summed E-state index contributed by atoms with van der Waals surface area (Å²) in [5.41, 5.74) is 3.04. The first-order chi connectivity index (χ1) is 18.3. The molecule has 0 spiro atoms. The van der Waals surface area contributed by atoms with Gasteiger partial charge in [0.25, 0.3) is 0 Å². The molecule has 0 amide bonds. The molecule has 2 atom stereocenters. The van der Waals surface area contributed by atoms with Crippen LogP contribution in [0.2, 0.25) is 0 Å². The summed E-state index contributed by atoms with van der Waals surface area (Å²) in [4.78, 5) is 0. The van der Waals surface area contributed by atoms with E-state index in [4.69, 9.17) is 0 Å². The second-order valence-electron chi connectivity index (χ2n) is 16.3. The Labute approximate surface area is 245 Å². The van der Waals surface area contributed by atoms with Gasteiger partial charge in [0.05, 0.1) is 0 Å². The molecule has 0 heterocycles. The predicted octanol–water partition coefficient (Wildman–Crippen LogP) is 11.7. The van der Waals surface area contributed by atoms with Gasteiger partial charge in [0.1, 0.15) is 11.5 Å². The molecule has 0 radical (unpaired) electrons. The lowest BCUT2D eigenvalue weighted by Crippen LogP contribution is -2.20. The van der Waals surface area contributed by atoms with Gasteiger partial charge in [-0.3, -0.25) is 0 Å². The molecule has 0 aromatic heterocycles. The van der Waals surface area contributed by atoms with Crippen molar-refractivity contribution in [3.05, 3.63) is 47.5 Å². The van der Waals surface area contributed by atoms with Crippen LogP contribution in [0.4, 0.5) is 0 Å². The molecule has 0 aliphatic carbocycles. The molecule has 0 aliphatic rings. The standard InChI is InChI=1S/C38H58O2/c1-25(35(3,4)5)15-13-21-37(9,10)27-17-19-29-31(23-27)34(40)32-24-28(18-20-30(32)33(29)39)38(11,12)22-14-16-26(2)36(6,7)8/h17-20,23-26,39-40H,13-16,21-22H2,1-12H3. The second-order valence-corrected chi connectivity index (χ2v) is 16.3. The first-order valence-corrected chi connectivity index (χ1v) is 15.7. The summed E-state index contributed by atoms with van der Waals surface area (Å²) >= 11 is 0. The fourth-order valence-electron chi connectivity index (χ4n) is 5.88. The normalized spacial score (nSPS) is 15.1. The highest BCUT2D eigenvalue weighted by Gasteiger charge is 2.27. The van der Waals surface area contributed by atoms with Crippen molar-refractivity contribution in [3.63, 3.8) is 0 Å². The maximum absolute atomic E-state index is 11.6. The second kappa shape index (κ2) is 11.6. The van der Waals surface area contributed by atoms with Gasteiger partial charge < -0.3 is 10.2 Å². The summed E-state index contributed by atoms with van der Waals surface area (Å²) in [6.45, 7) is 27.9. The smallest absolute Gasteiger partial charge is 0.131 e. The van der Waals surface area contributed by atoms with Gasteiger partial charge in [-0.15, -0.1) is 0 Å². The molecule has 0 saturated heterocycles. The van der Waals surface area contributed by atoms with Crippen LogP contribution in [0.15, 0.2) is 36.4 Å². The predicted molar refractivity (Wildman–Crippen MR) is 176 cm³/mol. The molecule has 0 fully saturated rings. The fraction of sp³-hybridized carbons (Fsp3) is 0.632. The van der Waals surface area contributed by atoms with Crippen molar-refractivity contribution in [2.24, 2.45) is 22.7 Å². The van der Waals surface area contributed by atoms with Crippen molar-refractivity contribution in [1.82, 2.24) is 0 Å². The topological polar surface area (TPSA) is 40.5 Å². The third kappa shape index (κ3) is 7.15. The van der Waals surface area contributed by atoms with Crippen molar-refractivity contribution in [2.45, 2.75) is 132 Å². The number of fused-ring (bicyclic) bond motifs is 2. The van der Waals surface area contributed by atoms with Crippen molar-refractivity contribution in [1.29, 1.82) is 0 Å². The minimum atomic E-state index is -0.0170. The first-order valence-electron chi connectivity index (χ1n) is 15.7. The summed E-state index contributed by atoms with van der Waals surface area (Å²) in [5.74, 6) is 1.88. The van der Waals surface area contributed by atoms with Crippen LogP contribution in [0.5, 0.6) is 11.5 Å². The molecule has 3 aromatic rings. The largest absolute Gasteiger partial charge is 0.507 e. The van der Waals surface area contributed by atoms with Crippen LogP contribution in [0.25, 0.3) is 21.5 Å². The lowest BCUT2D eigenvalue weighted by atomic mass is 9.75. The van der Waals surface area contributed by atoms with E-state index in [-0.39, 0.29) is 22.3 Å². The first kappa shape index (κ1) is 32.3. The van der Waals surface area contributed by atoms with Crippen LogP contribution in [-0.4, -0.2) is 10.2 Å². The maximum Gasteiger partial charge on any atom is 0.131 e. The monoisotopic (exact) mass is 546 g/mol. The summed E-state index contributed by atoms with van der Waals surface area (Å²) in [6.07, 6.45) is 6.95. The summed E-state index contributed by atoms with van der Waals surface area (Å²) < 4.78 is 0. The van der Waals surface area contributed by atoms with Crippen LogP contribution >= 0.6 is 0 Å². The molecule has 2 N–H and O–H groups in total. The van der Waals surface area contributed by atoms with Crippen LogP contribution in [0.3, 0.4) is 0 Å². The SMILES string of the molecule is CC(CCCC(C)(C)c1ccc2c(O)c3ccc(C(C)(C)CCCC(C)C(C)(C)C)cc3c(O)c2c1)C(C)(C)C. The Balaban J connectivity index is 1.92. The van der Waals surface area contributed by atoms with Gasteiger partial charge in [-0.25, -0.2) is 0 Å². The number of hydrogen-bond donors (Lipinski definition) is 2. The van der Waals surface area contributed by atoms with Gasteiger partial charge in [0.2, 0.25) is 0 Å². The van der Waals surface area contributed by atoms with Crippen LogP contribution < -0.4 is 0 Å². The molecule has 40 heavy (non-hydrogen) atoms. The van der Waals surface area contributed by atoms with E-state index in [1.54, 1.807) is 0 Å². The van der Waals surface area contributed by atoms with Gasteiger partial charge in [-0.1, -0.05) is 133 Å². The number of rotatable bonds is 10. The molecule has 2 unspecified atom stereocenters. The van der Waals surface area contributed by atoms with E-state index in [2.05, 4.69) is 107 Å². The molecule has 0 saturated carbocycles. The van der Waals surface area contributed by atoms with E-state index in [1.165, 1.54) is 36.8 Å². The van der Waals surface area contributed by atoms with E-state index >= 15 is 0 Å². The van der Waals surface area contributed by atoms with E-state index in [0.717, 1.165) is 23.6 Å². The van der Waals surface area contributed by atoms with Gasteiger partial charge in [0, 0.05) is 21.5 Å². The highest BCUT2D eigenvalue weighted by atomic mass is 16.3. The van der Waals surface area contributed by atoms with Gasteiger partial charge in [-0.05, 0) is 69.6 Å². The Bertz CT molecular complexity index is 1210. The average molecular weight is 547 g/mol. The van der Waals surface area contributed by atoms with Crippen LogP contribution in [-0.2, 0) is 10.8 Å². The lowest BCUT2D eigenvalue weighted by Gasteiger charge is -2.30. The third-order valence-electron chi connectivity index (χ3n) is 10.5. The molecular weight excluding hydrogens is 488 g/mol. The Morgan fingerprint density at radius 2 is 0.850 bits per heavy atom. The number of benzene rings is 3. The van der Waals surface area contributed by atoms with E-state index in [1.807, 2.05) is 12.1 Å². The van der Waals surface area contributed by atoms with Crippen molar-refractivity contribution >= 4 is 21.5 Å². The molecule has 0 aliphatic heterocycles. The van der Waals surface area contributed by atoms with E-state index in [0.29, 0.717) is 33.4 Å². The molecule has 2 heteroatoms. The number of aromatic hydroxyl groups is 2. The number of phenolic OH excluding ortho intramolecular Hbond substituents is 2. The zero-order chi connectivity index (χ0) is 30.3. The highest BCUT2D eigenvalue weighted by Crippen LogP contribution is 2.45. The van der Waals surface area contributed by atoms with Crippen LogP contribution in [0.1, 0.15) is 133 Å². The molecule has 3 rings (SSSR count). The summed E-state index contributed by atoms with van der Waals surface area (Å²) in [6, 6.07) is 12.5. The van der Waals surface area contributed by atoms with Gasteiger partial charge in [-0.2, -0.15) is 0 Å². The Morgan fingerprint density at radius 1 is 0.525 bits per heavy atom. The number of hydrogen-bond acceptors (Lipinski definition) is 2. The Kier molecular flexibility index (Phi) is 9.35.